The Morgan fingerprint density at radius 3 is 2.60 bits per heavy atom. The molecule has 1 aromatic carbocycles. The van der Waals surface area contributed by atoms with Crippen LogP contribution in [0.5, 0.6) is 0 Å². The molecule has 25 heavy (non-hydrogen) atoms. The lowest BCUT2D eigenvalue weighted by Crippen LogP contribution is -2.30. The van der Waals surface area contributed by atoms with Gasteiger partial charge in [0.05, 0.1) is 23.8 Å². The van der Waals surface area contributed by atoms with Gasteiger partial charge in [-0.1, -0.05) is 11.2 Å². The lowest BCUT2D eigenvalue weighted by molar-refractivity contribution is -0.146. The van der Waals surface area contributed by atoms with Gasteiger partial charge in [0.25, 0.3) is 0 Å². The molecule has 2 heterocycles. The average molecular weight is 343 g/mol. The number of rotatable bonds is 4. The van der Waals surface area contributed by atoms with Crippen LogP contribution in [0.3, 0.4) is 0 Å². The molecule has 0 aliphatic heterocycles. The molecule has 1 unspecified atom stereocenters. The van der Waals surface area contributed by atoms with Crippen molar-refractivity contribution in [2.24, 2.45) is 0 Å². The summed E-state index contributed by atoms with van der Waals surface area (Å²) in [6.07, 6.45) is -0.962. The number of nitrogens with zero attached hydrogens (tertiary/aromatic N) is 1. The van der Waals surface area contributed by atoms with E-state index >= 15 is 0 Å². The number of aliphatic hydroxyl groups is 1. The van der Waals surface area contributed by atoms with Gasteiger partial charge in [0.1, 0.15) is 23.2 Å². The van der Waals surface area contributed by atoms with Gasteiger partial charge in [-0.05, 0) is 51.5 Å². The van der Waals surface area contributed by atoms with Gasteiger partial charge >= 0.3 is 5.97 Å². The fourth-order valence-electron chi connectivity index (χ4n) is 2.98. The van der Waals surface area contributed by atoms with Crippen LogP contribution in [0.25, 0.3) is 11.0 Å². The summed E-state index contributed by atoms with van der Waals surface area (Å²) in [5, 5.41) is 15.3. The number of fused-ring (bicyclic) bond motifs is 1. The first-order valence-corrected chi connectivity index (χ1v) is 7.99. The van der Waals surface area contributed by atoms with Crippen molar-refractivity contribution < 1.29 is 23.6 Å². The maximum absolute atomic E-state index is 12.0. The molecular formula is C19H21NO5. The Kier molecular flexibility index (Phi) is 4.16. The number of hydrogen-bond acceptors (Lipinski definition) is 6. The van der Waals surface area contributed by atoms with E-state index in [-0.39, 0.29) is 5.97 Å². The summed E-state index contributed by atoms with van der Waals surface area (Å²) in [7, 11) is 1.37. The molecule has 0 fully saturated rings. The summed E-state index contributed by atoms with van der Waals surface area (Å²) < 4.78 is 15.8. The Bertz CT molecular complexity index is 915. The molecule has 0 amide bonds. The van der Waals surface area contributed by atoms with Crippen molar-refractivity contribution in [3.63, 3.8) is 0 Å². The number of methoxy groups -OCH3 is 1. The van der Waals surface area contributed by atoms with E-state index in [0.29, 0.717) is 28.4 Å². The molecule has 3 rings (SSSR count). The van der Waals surface area contributed by atoms with Crippen LogP contribution >= 0.6 is 0 Å². The molecule has 0 saturated carbocycles. The smallest absolute Gasteiger partial charge is 0.315 e. The summed E-state index contributed by atoms with van der Waals surface area (Å²) in [6.45, 7) is 7.13. The molecule has 0 aliphatic carbocycles. The third-order valence-electron chi connectivity index (χ3n) is 4.58. The summed E-state index contributed by atoms with van der Waals surface area (Å²) >= 11 is 0. The van der Waals surface area contributed by atoms with Gasteiger partial charge in [0.15, 0.2) is 0 Å². The highest BCUT2D eigenvalue weighted by atomic mass is 16.5. The zero-order valence-electron chi connectivity index (χ0n) is 14.9. The summed E-state index contributed by atoms with van der Waals surface area (Å²) in [5.41, 5.74) is 1.89. The minimum Gasteiger partial charge on any atom is -0.468 e. The Balaban J connectivity index is 2.03. The van der Waals surface area contributed by atoms with Crippen LogP contribution < -0.4 is 0 Å². The second-order valence-corrected chi connectivity index (χ2v) is 6.66. The minimum atomic E-state index is -0.962. The van der Waals surface area contributed by atoms with Gasteiger partial charge < -0.3 is 18.8 Å². The van der Waals surface area contributed by atoms with E-state index in [1.165, 1.54) is 7.11 Å². The first kappa shape index (κ1) is 17.2. The van der Waals surface area contributed by atoms with E-state index in [4.69, 9.17) is 13.7 Å². The molecule has 1 atom stereocenters. The molecule has 0 radical (unpaired) electrons. The Labute approximate surface area is 145 Å². The monoisotopic (exact) mass is 343 g/mol. The average Bonchev–Trinajstić information content (AvgIpc) is 3.16. The second-order valence-electron chi connectivity index (χ2n) is 6.66. The van der Waals surface area contributed by atoms with Gasteiger partial charge in [0, 0.05) is 5.39 Å². The van der Waals surface area contributed by atoms with E-state index in [1.807, 2.05) is 12.1 Å². The highest BCUT2D eigenvalue weighted by Gasteiger charge is 2.31. The quantitative estimate of drug-likeness (QED) is 0.729. The van der Waals surface area contributed by atoms with E-state index in [1.54, 1.807) is 39.8 Å². The second kappa shape index (κ2) is 6.04. The number of hydrogen-bond donors (Lipinski definition) is 1. The number of carbonyl (C=O) groups excluding carboxylic acids is 1. The van der Waals surface area contributed by atoms with Crippen molar-refractivity contribution in [3.05, 3.63) is 52.6 Å². The number of benzene rings is 1. The van der Waals surface area contributed by atoms with Crippen LogP contribution in [0.1, 0.15) is 48.3 Å². The first-order valence-electron chi connectivity index (χ1n) is 7.99. The predicted molar refractivity (Wildman–Crippen MR) is 91.3 cm³/mol. The van der Waals surface area contributed by atoms with Gasteiger partial charge in [-0.3, -0.25) is 4.79 Å². The fourth-order valence-corrected chi connectivity index (χ4v) is 2.98. The van der Waals surface area contributed by atoms with Crippen molar-refractivity contribution >= 4 is 16.9 Å². The molecule has 3 aromatic rings. The molecule has 2 aromatic heterocycles. The van der Waals surface area contributed by atoms with Crippen molar-refractivity contribution in [2.75, 3.05) is 7.11 Å². The molecular weight excluding hydrogens is 322 g/mol. The molecule has 132 valence electrons. The number of esters is 1. The van der Waals surface area contributed by atoms with E-state index < -0.39 is 11.5 Å². The first-order chi connectivity index (χ1) is 11.8. The molecule has 6 nitrogen and oxygen atoms in total. The molecule has 0 saturated heterocycles. The molecule has 6 heteroatoms. The van der Waals surface area contributed by atoms with Crippen LogP contribution in [-0.4, -0.2) is 23.3 Å². The van der Waals surface area contributed by atoms with Gasteiger partial charge in [0.2, 0.25) is 0 Å². The highest BCUT2D eigenvalue weighted by Crippen LogP contribution is 2.34. The normalized spacial score (nSPS) is 13.2. The van der Waals surface area contributed by atoms with Crippen molar-refractivity contribution in [1.82, 2.24) is 5.16 Å². The highest BCUT2D eigenvalue weighted by molar-refractivity contribution is 5.86. The number of aryl methyl sites for hydroxylation is 2. The molecule has 0 spiro atoms. The van der Waals surface area contributed by atoms with Gasteiger partial charge in [-0.25, -0.2) is 0 Å². The molecule has 0 aliphatic rings. The van der Waals surface area contributed by atoms with Crippen LogP contribution in [0, 0.1) is 13.8 Å². The zero-order valence-corrected chi connectivity index (χ0v) is 14.9. The topological polar surface area (TPSA) is 85.7 Å². The molecule has 0 bridgehead atoms. The number of ether oxygens (including phenoxy) is 1. The summed E-state index contributed by atoms with van der Waals surface area (Å²) in [4.78, 5) is 12.0. The molecule has 1 N–H and O–H groups in total. The lowest BCUT2D eigenvalue weighted by Gasteiger charge is -2.21. The maximum Gasteiger partial charge on any atom is 0.315 e. The van der Waals surface area contributed by atoms with Crippen LogP contribution in [0.4, 0.5) is 0 Å². The van der Waals surface area contributed by atoms with Gasteiger partial charge in [-0.2, -0.15) is 0 Å². The predicted octanol–water partition coefficient (Wildman–Crippen LogP) is 3.57. The SMILES string of the molecule is COC(=O)C(C)(C)c1ccc2oc(C(O)c3c(C)noc3C)cc2c1. The zero-order chi connectivity index (χ0) is 18.4. The van der Waals surface area contributed by atoms with Crippen molar-refractivity contribution in [2.45, 2.75) is 39.2 Å². The Morgan fingerprint density at radius 2 is 2.00 bits per heavy atom. The minimum absolute atomic E-state index is 0.314. The number of aliphatic hydroxyl groups excluding tert-OH is 1. The van der Waals surface area contributed by atoms with E-state index in [0.717, 1.165) is 10.9 Å². The standard InChI is InChI=1S/C19H21NO5/c1-10-16(11(2)25-20-10)17(21)15-9-12-8-13(6-7-14(12)24-15)19(3,4)18(22)23-5/h6-9,17,21H,1-5H3. The number of carbonyl (C=O) groups is 1. The Morgan fingerprint density at radius 1 is 1.28 bits per heavy atom. The third-order valence-corrected chi connectivity index (χ3v) is 4.58. The van der Waals surface area contributed by atoms with Gasteiger partial charge in [-0.15, -0.1) is 0 Å². The Hall–Kier alpha value is -2.60. The number of furan rings is 1. The van der Waals surface area contributed by atoms with Crippen LogP contribution in [0.15, 0.2) is 33.2 Å². The van der Waals surface area contributed by atoms with E-state index in [9.17, 15) is 9.90 Å². The van der Waals surface area contributed by atoms with E-state index in [2.05, 4.69) is 5.16 Å². The summed E-state index contributed by atoms with van der Waals surface area (Å²) in [6, 6.07) is 7.26. The summed E-state index contributed by atoms with van der Waals surface area (Å²) in [5.74, 6) is 0.640. The van der Waals surface area contributed by atoms with Crippen LogP contribution in [0.2, 0.25) is 0 Å². The maximum atomic E-state index is 12.0. The van der Waals surface area contributed by atoms with Crippen molar-refractivity contribution in [1.29, 1.82) is 0 Å². The largest absolute Gasteiger partial charge is 0.468 e. The third kappa shape index (κ3) is 2.82. The fraction of sp³-hybridized carbons (Fsp3) is 0.368. The van der Waals surface area contributed by atoms with Crippen LogP contribution in [-0.2, 0) is 14.9 Å². The lowest BCUT2D eigenvalue weighted by atomic mass is 9.84. The van der Waals surface area contributed by atoms with Crippen molar-refractivity contribution in [3.8, 4) is 0 Å². The number of aromatic nitrogens is 1.